The molecule has 0 radical (unpaired) electrons. The summed E-state index contributed by atoms with van der Waals surface area (Å²) in [7, 11) is -3.77. The lowest BCUT2D eigenvalue weighted by atomic mass is 9.86. The van der Waals surface area contributed by atoms with E-state index in [0.29, 0.717) is 26.0 Å². The molecule has 0 aromatic heterocycles. The van der Waals surface area contributed by atoms with Gasteiger partial charge in [0.25, 0.3) is 5.91 Å². The van der Waals surface area contributed by atoms with E-state index in [2.05, 4.69) is 15.2 Å². The molecule has 32 heavy (non-hydrogen) atoms. The van der Waals surface area contributed by atoms with Crippen LogP contribution in [-0.4, -0.2) is 51.4 Å². The van der Waals surface area contributed by atoms with Crippen LogP contribution in [0.5, 0.6) is 0 Å². The monoisotopic (exact) mass is 457 g/mol. The summed E-state index contributed by atoms with van der Waals surface area (Å²) in [5.41, 5.74) is 1.18. The maximum Gasteiger partial charge on any atom is 0.269 e. The molecule has 1 fully saturated rings. The van der Waals surface area contributed by atoms with Crippen molar-refractivity contribution in [2.24, 2.45) is 5.16 Å². The summed E-state index contributed by atoms with van der Waals surface area (Å²) in [5.74, 6) is -0.316. The van der Waals surface area contributed by atoms with Gasteiger partial charge in [0.05, 0.1) is 17.5 Å². The molecule has 2 N–H and O–H groups in total. The fourth-order valence-electron chi connectivity index (χ4n) is 3.96. The minimum absolute atomic E-state index is 0.151. The van der Waals surface area contributed by atoms with Gasteiger partial charge >= 0.3 is 0 Å². The Morgan fingerprint density at radius 3 is 2.78 bits per heavy atom. The van der Waals surface area contributed by atoms with Gasteiger partial charge in [-0.3, -0.25) is 4.79 Å². The molecule has 1 saturated heterocycles. The number of ether oxygens (including phenoxy) is 1. The first-order chi connectivity index (χ1) is 15.4. The Bertz CT molecular complexity index is 1100. The molecule has 0 bridgehead atoms. The highest BCUT2D eigenvalue weighted by molar-refractivity contribution is 7.89. The molecule has 2 heterocycles. The zero-order valence-electron chi connectivity index (χ0n) is 17.9. The second-order valence-corrected chi connectivity index (χ2v) is 9.91. The molecule has 1 amide bonds. The molecular formula is C23H27N3O5S. The van der Waals surface area contributed by atoms with Gasteiger partial charge in [-0.2, -0.15) is 0 Å². The van der Waals surface area contributed by atoms with E-state index in [1.807, 2.05) is 43.3 Å². The summed E-state index contributed by atoms with van der Waals surface area (Å²) in [6, 6.07) is 16.0. The minimum atomic E-state index is -3.77. The van der Waals surface area contributed by atoms with Gasteiger partial charge in [0.2, 0.25) is 10.0 Å². The molecule has 170 valence electrons. The van der Waals surface area contributed by atoms with Crippen LogP contribution in [0.15, 0.2) is 64.6 Å². The number of oxime groups is 1. The number of aryl methyl sites for hydroxylation is 1. The van der Waals surface area contributed by atoms with E-state index < -0.39 is 21.7 Å². The van der Waals surface area contributed by atoms with Crippen molar-refractivity contribution < 1.29 is 22.8 Å². The van der Waals surface area contributed by atoms with E-state index in [9.17, 15) is 13.2 Å². The highest BCUT2D eigenvalue weighted by Gasteiger charge is 2.51. The number of hydrogen-bond acceptors (Lipinski definition) is 6. The molecule has 2 aromatic rings. The highest BCUT2D eigenvalue weighted by Crippen LogP contribution is 2.34. The fourth-order valence-corrected chi connectivity index (χ4v) is 5.40. The van der Waals surface area contributed by atoms with Crippen LogP contribution in [0.4, 0.5) is 0 Å². The van der Waals surface area contributed by atoms with Crippen molar-refractivity contribution in [1.29, 1.82) is 0 Å². The number of nitrogens with zero attached hydrogens (tertiary/aromatic N) is 1. The van der Waals surface area contributed by atoms with E-state index >= 15 is 0 Å². The van der Waals surface area contributed by atoms with Gasteiger partial charge in [0.15, 0.2) is 5.60 Å². The maximum absolute atomic E-state index is 13.0. The standard InChI is InChI=1S/C23H27N3O5S/c1-17-6-5-9-19(14-17)32(28,29)26-21-11-13-30-16-23(21)15-20(25-31-23)22(27)24-12-10-18-7-3-2-4-8-18/h2-9,14,21,26H,10-13,15-16H2,1H3,(H,24,27)/t21-,23+/m0/s1. The SMILES string of the molecule is Cc1cccc(S(=O)(=O)N[C@H]2CCOC[C@]23CC(C(=O)NCCc2ccccc2)=NO3)c1. The predicted molar refractivity (Wildman–Crippen MR) is 120 cm³/mol. The maximum atomic E-state index is 13.0. The summed E-state index contributed by atoms with van der Waals surface area (Å²) >= 11 is 0. The van der Waals surface area contributed by atoms with Gasteiger partial charge in [-0.25, -0.2) is 13.1 Å². The fraction of sp³-hybridized carbons (Fsp3) is 0.391. The molecule has 0 aliphatic carbocycles. The Kier molecular flexibility index (Phi) is 6.59. The number of carbonyl (C=O) groups is 1. The van der Waals surface area contributed by atoms with Crippen molar-refractivity contribution in [3.05, 3.63) is 65.7 Å². The average molecular weight is 458 g/mol. The van der Waals surface area contributed by atoms with E-state index in [4.69, 9.17) is 9.57 Å². The lowest BCUT2D eigenvalue weighted by molar-refractivity contribution is -0.126. The number of amides is 1. The van der Waals surface area contributed by atoms with Crippen LogP contribution in [0, 0.1) is 6.92 Å². The lowest BCUT2D eigenvalue weighted by Gasteiger charge is -2.38. The Labute approximate surface area is 188 Å². The van der Waals surface area contributed by atoms with Gasteiger partial charge in [0.1, 0.15) is 5.71 Å². The molecular weight excluding hydrogens is 430 g/mol. The molecule has 8 nitrogen and oxygen atoms in total. The highest BCUT2D eigenvalue weighted by atomic mass is 32.2. The topological polar surface area (TPSA) is 106 Å². The number of sulfonamides is 1. The zero-order chi connectivity index (χ0) is 22.6. The van der Waals surface area contributed by atoms with Crippen LogP contribution in [-0.2, 0) is 30.8 Å². The van der Waals surface area contributed by atoms with Crippen LogP contribution in [0.25, 0.3) is 0 Å². The number of nitrogens with one attached hydrogen (secondary N) is 2. The minimum Gasteiger partial charge on any atom is -0.384 e. The van der Waals surface area contributed by atoms with Crippen LogP contribution >= 0.6 is 0 Å². The largest absolute Gasteiger partial charge is 0.384 e. The average Bonchev–Trinajstić information content (AvgIpc) is 3.21. The van der Waals surface area contributed by atoms with Crippen molar-refractivity contribution in [3.63, 3.8) is 0 Å². The molecule has 2 atom stereocenters. The van der Waals surface area contributed by atoms with E-state index in [1.165, 1.54) is 0 Å². The van der Waals surface area contributed by atoms with Crippen LogP contribution in [0.2, 0.25) is 0 Å². The summed E-state index contributed by atoms with van der Waals surface area (Å²) in [6.07, 6.45) is 1.29. The molecule has 1 spiro atoms. The molecule has 2 aliphatic heterocycles. The molecule has 2 aliphatic rings. The van der Waals surface area contributed by atoms with E-state index in [0.717, 1.165) is 11.1 Å². The van der Waals surface area contributed by atoms with Crippen molar-refractivity contribution in [2.45, 2.75) is 42.7 Å². The number of carbonyl (C=O) groups excluding carboxylic acids is 1. The quantitative estimate of drug-likeness (QED) is 0.661. The van der Waals surface area contributed by atoms with Gasteiger partial charge < -0.3 is 14.9 Å². The first-order valence-electron chi connectivity index (χ1n) is 10.6. The van der Waals surface area contributed by atoms with Crippen LogP contribution in [0.3, 0.4) is 0 Å². The van der Waals surface area contributed by atoms with Gasteiger partial charge in [0, 0.05) is 19.6 Å². The molecule has 9 heteroatoms. The van der Waals surface area contributed by atoms with Crippen molar-refractivity contribution in [2.75, 3.05) is 19.8 Å². The summed E-state index contributed by atoms with van der Waals surface area (Å²) in [4.78, 5) is 18.5. The number of rotatable bonds is 7. The van der Waals surface area contributed by atoms with E-state index in [1.54, 1.807) is 18.2 Å². The van der Waals surface area contributed by atoms with Gasteiger partial charge in [-0.1, -0.05) is 47.6 Å². The Hall–Kier alpha value is -2.75. The van der Waals surface area contributed by atoms with Gasteiger partial charge in [-0.15, -0.1) is 0 Å². The third-order valence-corrected chi connectivity index (χ3v) is 7.21. The van der Waals surface area contributed by atoms with Gasteiger partial charge in [-0.05, 0) is 43.0 Å². The first-order valence-corrected chi connectivity index (χ1v) is 12.1. The molecule has 0 saturated carbocycles. The zero-order valence-corrected chi connectivity index (χ0v) is 18.7. The molecule has 2 aromatic carbocycles. The molecule has 4 rings (SSSR count). The van der Waals surface area contributed by atoms with Crippen molar-refractivity contribution >= 4 is 21.6 Å². The number of benzene rings is 2. The predicted octanol–water partition coefficient (Wildman–Crippen LogP) is 1.94. The smallest absolute Gasteiger partial charge is 0.269 e. The third kappa shape index (κ3) is 5.01. The first kappa shape index (κ1) is 22.4. The second kappa shape index (κ2) is 9.40. The van der Waals surface area contributed by atoms with Crippen molar-refractivity contribution in [1.82, 2.24) is 10.0 Å². The Morgan fingerprint density at radius 1 is 1.19 bits per heavy atom. The lowest BCUT2D eigenvalue weighted by Crippen LogP contribution is -2.58. The van der Waals surface area contributed by atoms with Crippen LogP contribution < -0.4 is 10.0 Å². The summed E-state index contributed by atoms with van der Waals surface area (Å²) in [5, 5.41) is 6.86. The third-order valence-electron chi connectivity index (χ3n) is 5.74. The van der Waals surface area contributed by atoms with Crippen LogP contribution in [0.1, 0.15) is 24.0 Å². The van der Waals surface area contributed by atoms with Crippen molar-refractivity contribution in [3.8, 4) is 0 Å². The number of hydrogen-bond donors (Lipinski definition) is 2. The normalized spacial score (nSPS) is 22.9. The Balaban J connectivity index is 1.39. The summed E-state index contributed by atoms with van der Waals surface area (Å²) < 4.78 is 34.3. The second-order valence-electron chi connectivity index (χ2n) is 8.19. The van der Waals surface area contributed by atoms with E-state index in [-0.39, 0.29) is 29.5 Å². The summed E-state index contributed by atoms with van der Waals surface area (Å²) in [6.45, 7) is 2.85. The molecule has 0 unspecified atom stereocenters. The Morgan fingerprint density at radius 2 is 2.00 bits per heavy atom.